The van der Waals surface area contributed by atoms with Gasteiger partial charge in [-0.25, -0.2) is 0 Å². The topological polar surface area (TPSA) is 69.6 Å². The van der Waals surface area contributed by atoms with Crippen molar-refractivity contribution in [2.75, 3.05) is 13.2 Å². The SMILES string of the molecule is CCC(CO)NC(=O)C1CCCN1C(=O)C1CC1. The van der Waals surface area contributed by atoms with Crippen LogP contribution in [0.15, 0.2) is 0 Å². The molecule has 2 atom stereocenters. The molecule has 1 saturated heterocycles. The minimum absolute atomic E-state index is 0.0501. The number of carbonyl (C=O) groups excluding carboxylic acids is 2. The summed E-state index contributed by atoms with van der Waals surface area (Å²) in [4.78, 5) is 25.9. The second-order valence-electron chi connectivity index (χ2n) is 5.26. The molecule has 0 radical (unpaired) electrons. The van der Waals surface area contributed by atoms with Crippen molar-refractivity contribution in [2.45, 2.75) is 51.1 Å². The zero-order valence-electron chi connectivity index (χ0n) is 10.9. The molecule has 5 nitrogen and oxygen atoms in total. The first-order chi connectivity index (χ1) is 8.67. The van der Waals surface area contributed by atoms with Crippen molar-refractivity contribution in [2.24, 2.45) is 5.92 Å². The van der Waals surface area contributed by atoms with Gasteiger partial charge in [0.2, 0.25) is 11.8 Å². The van der Waals surface area contributed by atoms with Gasteiger partial charge in [-0.1, -0.05) is 6.92 Å². The van der Waals surface area contributed by atoms with Gasteiger partial charge in [-0.2, -0.15) is 0 Å². The summed E-state index contributed by atoms with van der Waals surface area (Å²) in [5.41, 5.74) is 0. The first-order valence-corrected chi connectivity index (χ1v) is 6.89. The molecule has 18 heavy (non-hydrogen) atoms. The van der Waals surface area contributed by atoms with Gasteiger partial charge in [0.15, 0.2) is 0 Å². The van der Waals surface area contributed by atoms with Gasteiger partial charge in [-0.05, 0) is 32.1 Å². The van der Waals surface area contributed by atoms with Crippen LogP contribution in [0.3, 0.4) is 0 Å². The molecule has 0 aromatic rings. The Hall–Kier alpha value is -1.10. The largest absolute Gasteiger partial charge is 0.394 e. The zero-order valence-corrected chi connectivity index (χ0v) is 10.9. The van der Waals surface area contributed by atoms with Crippen LogP contribution in [0.25, 0.3) is 0 Å². The molecule has 2 aliphatic rings. The predicted molar refractivity (Wildman–Crippen MR) is 66.8 cm³/mol. The molecule has 1 saturated carbocycles. The number of rotatable bonds is 5. The van der Waals surface area contributed by atoms with E-state index in [0.717, 1.165) is 25.7 Å². The summed E-state index contributed by atoms with van der Waals surface area (Å²) < 4.78 is 0. The van der Waals surface area contributed by atoms with E-state index in [1.165, 1.54) is 0 Å². The number of hydrogen-bond donors (Lipinski definition) is 2. The summed E-state index contributed by atoms with van der Waals surface area (Å²) in [5, 5.41) is 11.9. The predicted octanol–water partition coefficient (Wildman–Crippen LogP) is 0.274. The van der Waals surface area contributed by atoms with Gasteiger partial charge in [-0.3, -0.25) is 9.59 Å². The molecular weight excluding hydrogens is 232 g/mol. The average molecular weight is 254 g/mol. The molecule has 1 heterocycles. The fourth-order valence-corrected chi connectivity index (χ4v) is 2.44. The maximum absolute atomic E-state index is 12.1. The molecule has 2 unspecified atom stereocenters. The fraction of sp³-hybridized carbons (Fsp3) is 0.846. The van der Waals surface area contributed by atoms with Gasteiger partial charge in [0, 0.05) is 12.5 Å². The van der Waals surface area contributed by atoms with Crippen LogP contribution in [-0.2, 0) is 9.59 Å². The van der Waals surface area contributed by atoms with Gasteiger partial charge in [0.25, 0.3) is 0 Å². The standard InChI is InChI=1S/C13H22N2O3/c1-2-10(8-16)14-12(17)11-4-3-7-15(11)13(18)9-5-6-9/h9-11,16H,2-8H2,1H3,(H,14,17). The number of nitrogens with zero attached hydrogens (tertiary/aromatic N) is 1. The highest BCUT2D eigenvalue weighted by molar-refractivity contribution is 5.90. The highest BCUT2D eigenvalue weighted by atomic mass is 16.3. The summed E-state index contributed by atoms with van der Waals surface area (Å²) >= 11 is 0. The van der Waals surface area contributed by atoms with E-state index in [1.54, 1.807) is 4.90 Å². The normalized spacial score (nSPS) is 25.0. The molecule has 102 valence electrons. The van der Waals surface area contributed by atoms with E-state index in [4.69, 9.17) is 5.11 Å². The van der Waals surface area contributed by atoms with Gasteiger partial charge in [0.1, 0.15) is 6.04 Å². The minimum Gasteiger partial charge on any atom is -0.394 e. The Morgan fingerprint density at radius 2 is 2.11 bits per heavy atom. The van der Waals surface area contributed by atoms with Crippen LogP contribution in [0.5, 0.6) is 0 Å². The van der Waals surface area contributed by atoms with E-state index in [9.17, 15) is 9.59 Å². The second kappa shape index (κ2) is 5.69. The molecule has 1 aliphatic carbocycles. The third kappa shape index (κ3) is 2.83. The lowest BCUT2D eigenvalue weighted by Gasteiger charge is -2.25. The van der Waals surface area contributed by atoms with Crippen LogP contribution >= 0.6 is 0 Å². The molecule has 2 fully saturated rings. The summed E-state index contributed by atoms with van der Waals surface area (Å²) in [6.07, 6.45) is 4.28. The van der Waals surface area contributed by atoms with Gasteiger partial charge >= 0.3 is 0 Å². The smallest absolute Gasteiger partial charge is 0.243 e. The lowest BCUT2D eigenvalue weighted by atomic mass is 10.1. The van der Waals surface area contributed by atoms with Crippen molar-refractivity contribution in [3.8, 4) is 0 Å². The molecule has 2 N–H and O–H groups in total. The number of amides is 2. The first-order valence-electron chi connectivity index (χ1n) is 6.89. The third-order valence-corrected chi connectivity index (χ3v) is 3.82. The summed E-state index contributed by atoms with van der Waals surface area (Å²) in [6, 6.07) is -0.519. The number of likely N-dealkylation sites (tertiary alicyclic amines) is 1. The molecule has 0 aromatic heterocycles. The van der Waals surface area contributed by atoms with Gasteiger partial charge in [0.05, 0.1) is 12.6 Å². The Morgan fingerprint density at radius 3 is 2.67 bits per heavy atom. The van der Waals surface area contributed by atoms with E-state index in [-0.39, 0.29) is 36.4 Å². The van der Waals surface area contributed by atoms with Crippen LogP contribution in [-0.4, -0.2) is 47.1 Å². The van der Waals surface area contributed by atoms with Crippen molar-refractivity contribution < 1.29 is 14.7 Å². The zero-order chi connectivity index (χ0) is 13.1. The van der Waals surface area contributed by atoms with Crippen LogP contribution in [0.4, 0.5) is 0 Å². The Labute approximate surface area is 108 Å². The highest BCUT2D eigenvalue weighted by Gasteiger charge is 2.40. The number of aliphatic hydroxyl groups is 1. The molecule has 0 spiro atoms. The summed E-state index contributed by atoms with van der Waals surface area (Å²) in [6.45, 7) is 2.57. The molecule has 2 amide bonds. The number of nitrogens with one attached hydrogen (secondary N) is 1. The average Bonchev–Trinajstić information content (AvgIpc) is 3.11. The van der Waals surface area contributed by atoms with Crippen LogP contribution in [0.1, 0.15) is 39.0 Å². The monoisotopic (exact) mass is 254 g/mol. The molecule has 2 rings (SSSR count). The molecule has 0 aromatic carbocycles. The summed E-state index contributed by atoms with van der Waals surface area (Å²) in [7, 11) is 0. The maximum atomic E-state index is 12.1. The van der Waals surface area contributed by atoms with E-state index < -0.39 is 0 Å². The van der Waals surface area contributed by atoms with Crippen molar-refractivity contribution in [3.05, 3.63) is 0 Å². The number of aliphatic hydroxyl groups excluding tert-OH is 1. The highest BCUT2D eigenvalue weighted by Crippen LogP contribution is 2.33. The molecule has 5 heteroatoms. The van der Waals surface area contributed by atoms with Crippen LogP contribution < -0.4 is 5.32 Å². The number of hydrogen-bond acceptors (Lipinski definition) is 3. The van der Waals surface area contributed by atoms with Crippen LogP contribution in [0, 0.1) is 5.92 Å². The first kappa shape index (κ1) is 13.3. The van der Waals surface area contributed by atoms with Crippen LogP contribution in [0.2, 0.25) is 0 Å². The Balaban J connectivity index is 1.93. The van der Waals surface area contributed by atoms with Crippen molar-refractivity contribution in [1.82, 2.24) is 10.2 Å². The maximum Gasteiger partial charge on any atom is 0.243 e. The van der Waals surface area contributed by atoms with Gasteiger partial charge in [-0.15, -0.1) is 0 Å². The quantitative estimate of drug-likeness (QED) is 0.740. The molecule has 1 aliphatic heterocycles. The second-order valence-corrected chi connectivity index (χ2v) is 5.26. The minimum atomic E-state index is -0.321. The third-order valence-electron chi connectivity index (χ3n) is 3.82. The van der Waals surface area contributed by atoms with E-state index >= 15 is 0 Å². The lowest BCUT2D eigenvalue weighted by molar-refractivity contribution is -0.139. The lowest BCUT2D eigenvalue weighted by Crippen LogP contribution is -2.49. The van der Waals surface area contributed by atoms with Crippen molar-refractivity contribution in [1.29, 1.82) is 0 Å². The van der Waals surface area contributed by atoms with Crippen molar-refractivity contribution in [3.63, 3.8) is 0 Å². The fourth-order valence-electron chi connectivity index (χ4n) is 2.44. The van der Waals surface area contributed by atoms with E-state index in [1.807, 2.05) is 6.92 Å². The van der Waals surface area contributed by atoms with E-state index in [0.29, 0.717) is 13.0 Å². The Morgan fingerprint density at radius 1 is 1.39 bits per heavy atom. The Bertz CT molecular complexity index is 324. The molecular formula is C13H22N2O3. The van der Waals surface area contributed by atoms with Gasteiger partial charge < -0.3 is 15.3 Å². The summed E-state index contributed by atoms with van der Waals surface area (Å²) in [5.74, 6) is 0.199. The molecule has 0 bridgehead atoms. The number of carbonyl (C=O) groups is 2. The Kier molecular flexibility index (Phi) is 4.22. The van der Waals surface area contributed by atoms with E-state index in [2.05, 4.69) is 5.32 Å². The van der Waals surface area contributed by atoms with Crippen molar-refractivity contribution >= 4 is 11.8 Å².